The Hall–Kier alpha value is -2.33. The van der Waals surface area contributed by atoms with E-state index < -0.39 is 17.9 Å². The molecular formula is C20H22ClNO3. The lowest BCUT2D eigenvalue weighted by Crippen LogP contribution is -2.42. The molecule has 0 heterocycles. The van der Waals surface area contributed by atoms with Crippen LogP contribution in [0.25, 0.3) is 0 Å². The number of hydrogen-bond acceptors (Lipinski definition) is 2. The van der Waals surface area contributed by atoms with Crippen LogP contribution in [0.15, 0.2) is 48.5 Å². The Labute approximate surface area is 152 Å². The number of rotatable bonds is 5. The third-order valence-corrected chi connectivity index (χ3v) is 4.31. The highest BCUT2D eigenvalue weighted by Gasteiger charge is 2.22. The van der Waals surface area contributed by atoms with Crippen LogP contribution in [0.4, 0.5) is 0 Å². The van der Waals surface area contributed by atoms with E-state index in [0.717, 1.165) is 5.56 Å². The van der Waals surface area contributed by atoms with Gasteiger partial charge in [0.1, 0.15) is 6.04 Å². The molecule has 2 aromatic carbocycles. The lowest BCUT2D eigenvalue weighted by Gasteiger charge is -2.20. The van der Waals surface area contributed by atoms with E-state index in [0.29, 0.717) is 5.02 Å². The molecular weight excluding hydrogens is 338 g/mol. The van der Waals surface area contributed by atoms with E-state index in [-0.39, 0.29) is 17.4 Å². The quantitative estimate of drug-likeness (QED) is 0.845. The number of carboxylic acids is 1. The molecule has 0 radical (unpaired) electrons. The molecule has 4 nitrogen and oxygen atoms in total. The van der Waals surface area contributed by atoms with Gasteiger partial charge in [0.15, 0.2) is 0 Å². The second-order valence-corrected chi connectivity index (χ2v) is 7.40. The van der Waals surface area contributed by atoms with Gasteiger partial charge in [-0.05, 0) is 28.7 Å². The molecule has 0 unspecified atom stereocenters. The number of amides is 1. The Balaban J connectivity index is 2.12. The number of nitrogens with one attached hydrogen (secondary N) is 1. The van der Waals surface area contributed by atoms with Crippen molar-refractivity contribution in [1.82, 2.24) is 5.32 Å². The van der Waals surface area contributed by atoms with Gasteiger partial charge in [-0.15, -0.1) is 0 Å². The first-order valence-corrected chi connectivity index (χ1v) is 8.44. The molecule has 5 heteroatoms. The van der Waals surface area contributed by atoms with Crippen molar-refractivity contribution in [3.8, 4) is 0 Å². The molecule has 0 bridgehead atoms. The Morgan fingerprint density at radius 1 is 1.08 bits per heavy atom. The normalized spacial score (nSPS) is 12.5. The van der Waals surface area contributed by atoms with Gasteiger partial charge in [0.05, 0.1) is 10.6 Å². The zero-order chi connectivity index (χ0) is 18.6. The fourth-order valence-corrected chi connectivity index (χ4v) is 2.68. The molecule has 0 fully saturated rings. The van der Waals surface area contributed by atoms with E-state index in [2.05, 4.69) is 26.1 Å². The van der Waals surface area contributed by atoms with Gasteiger partial charge < -0.3 is 10.4 Å². The van der Waals surface area contributed by atoms with Crippen molar-refractivity contribution in [3.05, 3.63) is 70.2 Å². The number of carbonyl (C=O) groups is 2. The van der Waals surface area contributed by atoms with Crippen molar-refractivity contribution in [1.29, 1.82) is 0 Å². The highest BCUT2D eigenvalue weighted by molar-refractivity contribution is 6.33. The molecule has 1 atom stereocenters. The molecule has 2 aromatic rings. The van der Waals surface area contributed by atoms with Gasteiger partial charge in [-0.2, -0.15) is 0 Å². The summed E-state index contributed by atoms with van der Waals surface area (Å²) in [5, 5.41) is 12.3. The summed E-state index contributed by atoms with van der Waals surface area (Å²) in [6.07, 6.45) is 0.204. The zero-order valence-corrected chi connectivity index (χ0v) is 15.3. The predicted molar refractivity (Wildman–Crippen MR) is 99.2 cm³/mol. The molecule has 0 aliphatic rings. The summed E-state index contributed by atoms with van der Waals surface area (Å²) in [7, 11) is 0. The van der Waals surface area contributed by atoms with Crippen molar-refractivity contribution in [2.24, 2.45) is 0 Å². The van der Waals surface area contributed by atoms with Crippen LogP contribution in [0.3, 0.4) is 0 Å². The van der Waals surface area contributed by atoms with Gasteiger partial charge in [-0.3, -0.25) is 4.79 Å². The molecule has 132 valence electrons. The minimum Gasteiger partial charge on any atom is -0.480 e. The van der Waals surface area contributed by atoms with Crippen LogP contribution in [0.1, 0.15) is 42.3 Å². The van der Waals surface area contributed by atoms with Crippen LogP contribution >= 0.6 is 11.6 Å². The van der Waals surface area contributed by atoms with Gasteiger partial charge in [0.25, 0.3) is 5.91 Å². The maximum Gasteiger partial charge on any atom is 0.326 e. The Kier molecular flexibility index (Phi) is 5.85. The minimum absolute atomic E-state index is 0.0308. The number of carboxylic acid groups (broad SMARTS) is 1. The third kappa shape index (κ3) is 5.07. The van der Waals surface area contributed by atoms with Crippen molar-refractivity contribution in [3.63, 3.8) is 0 Å². The third-order valence-electron chi connectivity index (χ3n) is 3.98. The molecule has 25 heavy (non-hydrogen) atoms. The second kappa shape index (κ2) is 7.70. The Morgan fingerprint density at radius 2 is 1.68 bits per heavy atom. The second-order valence-electron chi connectivity index (χ2n) is 7.00. The van der Waals surface area contributed by atoms with Crippen molar-refractivity contribution < 1.29 is 14.7 Å². The molecule has 2 N–H and O–H groups in total. The first-order valence-electron chi connectivity index (χ1n) is 8.06. The molecule has 0 aliphatic heterocycles. The lowest BCUT2D eigenvalue weighted by molar-refractivity contribution is -0.139. The standard InChI is InChI=1S/C20H22ClNO3/c1-20(2,3)14-10-8-13(9-11-14)12-17(19(24)25)22-18(23)15-6-4-5-7-16(15)21/h4-11,17H,12H2,1-3H3,(H,22,23)(H,24,25)/t17-/m0/s1. The number of aliphatic carboxylic acids is 1. The molecule has 1 amide bonds. The number of hydrogen-bond donors (Lipinski definition) is 2. The highest BCUT2D eigenvalue weighted by Crippen LogP contribution is 2.22. The maximum absolute atomic E-state index is 12.3. The molecule has 0 aromatic heterocycles. The van der Waals surface area contributed by atoms with Gasteiger partial charge in [-0.1, -0.05) is 68.8 Å². The van der Waals surface area contributed by atoms with Crippen LogP contribution in [0, 0.1) is 0 Å². The topological polar surface area (TPSA) is 66.4 Å². The first-order chi connectivity index (χ1) is 11.7. The molecule has 0 saturated carbocycles. The highest BCUT2D eigenvalue weighted by atomic mass is 35.5. The van der Waals surface area contributed by atoms with Gasteiger partial charge in [0.2, 0.25) is 0 Å². The fourth-order valence-electron chi connectivity index (χ4n) is 2.46. The van der Waals surface area contributed by atoms with Crippen LogP contribution in [0.2, 0.25) is 5.02 Å². The minimum atomic E-state index is -1.08. The molecule has 0 spiro atoms. The van der Waals surface area contributed by atoms with Gasteiger partial charge in [0, 0.05) is 6.42 Å². The van der Waals surface area contributed by atoms with E-state index in [1.54, 1.807) is 24.3 Å². The number of halogens is 1. The van der Waals surface area contributed by atoms with Crippen molar-refractivity contribution >= 4 is 23.5 Å². The van der Waals surface area contributed by atoms with Crippen LogP contribution in [-0.4, -0.2) is 23.0 Å². The summed E-state index contributed by atoms with van der Waals surface area (Å²) in [6, 6.07) is 13.3. The van der Waals surface area contributed by atoms with Crippen molar-refractivity contribution in [2.75, 3.05) is 0 Å². The van der Waals surface area contributed by atoms with Crippen LogP contribution in [-0.2, 0) is 16.6 Å². The predicted octanol–water partition coefficient (Wildman–Crippen LogP) is 4.06. The van der Waals surface area contributed by atoms with E-state index in [4.69, 9.17) is 11.6 Å². The summed E-state index contributed by atoms with van der Waals surface area (Å²) in [5.74, 6) is -1.58. The summed E-state index contributed by atoms with van der Waals surface area (Å²) in [4.78, 5) is 23.8. The maximum atomic E-state index is 12.3. The Bertz CT molecular complexity index is 763. The van der Waals surface area contributed by atoms with E-state index >= 15 is 0 Å². The summed E-state index contributed by atoms with van der Waals surface area (Å²) >= 11 is 5.99. The van der Waals surface area contributed by atoms with Crippen LogP contribution in [0.5, 0.6) is 0 Å². The molecule has 2 rings (SSSR count). The van der Waals surface area contributed by atoms with E-state index in [9.17, 15) is 14.7 Å². The Morgan fingerprint density at radius 3 is 2.20 bits per heavy atom. The van der Waals surface area contributed by atoms with Crippen LogP contribution < -0.4 is 5.32 Å². The monoisotopic (exact) mass is 359 g/mol. The smallest absolute Gasteiger partial charge is 0.326 e. The first kappa shape index (κ1) is 19.0. The number of benzene rings is 2. The lowest BCUT2D eigenvalue weighted by atomic mass is 9.86. The zero-order valence-electron chi connectivity index (χ0n) is 14.5. The van der Waals surface area contributed by atoms with E-state index in [1.807, 2.05) is 24.3 Å². The molecule has 0 saturated heterocycles. The van der Waals surface area contributed by atoms with Gasteiger partial charge >= 0.3 is 5.97 Å². The largest absolute Gasteiger partial charge is 0.480 e. The molecule has 0 aliphatic carbocycles. The van der Waals surface area contributed by atoms with E-state index in [1.165, 1.54) is 5.56 Å². The average molecular weight is 360 g/mol. The summed E-state index contributed by atoms with van der Waals surface area (Å²) in [6.45, 7) is 6.35. The summed E-state index contributed by atoms with van der Waals surface area (Å²) < 4.78 is 0. The SMILES string of the molecule is CC(C)(C)c1ccc(C[C@H](NC(=O)c2ccccc2Cl)C(=O)O)cc1. The van der Waals surface area contributed by atoms with Gasteiger partial charge in [-0.25, -0.2) is 4.79 Å². The van der Waals surface area contributed by atoms with Crippen molar-refractivity contribution in [2.45, 2.75) is 38.6 Å². The summed E-state index contributed by atoms with van der Waals surface area (Å²) in [5.41, 5.74) is 2.31. The number of carbonyl (C=O) groups excluding carboxylic acids is 1. The fraction of sp³-hybridized carbons (Fsp3) is 0.300. The average Bonchev–Trinajstić information content (AvgIpc) is 2.54.